The van der Waals surface area contributed by atoms with Gasteiger partial charge in [0.15, 0.2) is 0 Å². The predicted molar refractivity (Wildman–Crippen MR) is 57.3 cm³/mol. The van der Waals surface area contributed by atoms with Crippen LogP contribution in [0.3, 0.4) is 0 Å². The lowest BCUT2D eigenvalue weighted by molar-refractivity contribution is -0.141. The lowest BCUT2D eigenvalue weighted by Crippen LogP contribution is -2.48. The van der Waals surface area contributed by atoms with E-state index >= 15 is 0 Å². The standard InChI is InChI=1S/C10H18N2O3/c1-3-5-7(11)9(13)12-8(6-4-2)10(14)15/h4,7-8H,2-3,5-6,11H2,1H3,(H,12,13)(H,14,15)/t7-,8?/m1/s1. The molecule has 5 heteroatoms. The normalized spacial score (nSPS) is 14.0. The van der Waals surface area contributed by atoms with Crippen LogP contribution in [0.15, 0.2) is 12.7 Å². The summed E-state index contributed by atoms with van der Waals surface area (Å²) >= 11 is 0. The molecule has 0 heterocycles. The second kappa shape index (κ2) is 7.00. The van der Waals surface area contributed by atoms with Crippen molar-refractivity contribution < 1.29 is 14.7 Å². The largest absolute Gasteiger partial charge is 0.480 e. The molecule has 0 aromatic carbocycles. The van der Waals surface area contributed by atoms with Crippen LogP contribution in [-0.2, 0) is 9.59 Å². The number of carbonyl (C=O) groups excluding carboxylic acids is 1. The van der Waals surface area contributed by atoms with E-state index in [9.17, 15) is 9.59 Å². The molecule has 0 aliphatic rings. The number of carboxylic acid groups (broad SMARTS) is 1. The summed E-state index contributed by atoms with van der Waals surface area (Å²) in [6.45, 7) is 5.33. The van der Waals surface area contributed by atoms with Gasteiger partial charge in [-0.05, 0) is 12.8 Å². The van der Waals surface area contributed by atoms with Crippen molar-refractivity contribution in [2.24, 2.45) is 5.73 Å². The molecule has 0 saturated carbocycles. The third kappa shape index (κ3) is 5.17. The lowest BCUT2D eigenvalue weighted by Gasteiger charge is -2.16. The van der Waals surface area contributed by atoms with Crippen molar-refractivity contribution >= 4 is 11.9 Å². The molecule has 1 unspecified atom stereocenters. The lowest BCUT2D eigenvalue weighted by atomic mass is 10.1. The highest BCUT2D eigenvalue weighted by atomic mass is 16.4. The van der Waals surface area contributed by atoms with Crippen LogP contribution in [0.2, 0.25) is 0 Å². The van der Waals surface area contributed by atoms with Crippen molar-refractivity contribution in [2.45, 2.75) is 38.3 Å². The van der Waals surface area contributed by atoms with E-state index in [2.05, 4.69) is 11.9 Å². The molecule has 2 atom stereocenters. The summed E-state index contributed by atoms with van der Waals surface area (Å²) in [5, 5.41) is 11.1. The maximum absolute atomic E-state index is 11.4. The molecule has 0 aromatic rings. The minimum Gasteiger partial charge on any atom is -0.480 e. The van der Waals surface area contributed by atoms with E-state index in [1.54, 1.807) is 0 Å². The first-order valence-corrected chi connectivity index (χ1v) is 4.92. The van der Waals surface area contributed by atoms with Crippen molar-refractivity contribution in [3.05, 3.63) is 12.7 Å². The quantitative estimate of drug-likeness (QED) is 0.530. The summed E-state index contributed by atoms with van der Waals surface area (Å²) in [6, 6.07) is -1.57. The summed E-state index contributed by atoms with van der Waals surface area (Å²) < 4.78 is 0. The number of carboxylic acids is 1. The van der Waals surface area contributed by atoms with Gasteiger partial charge in [0.1, 0.15) is 6.04 Å². The molecule has 0 fully saturated rings. The third-order valence-corrected chi connectivity index (χ3v) is 1.95. The zero-order chi connectivity index (χ0) is 11.8. The summed E-state index contributed by atoms with van der Waals surface area (Å²) in [5.41, 5.74) is 5.54. The van der Waals surface area contributed by atoms with Gasteiger partial charge >= 0.3 is 5.97 Å². The Morgan fingerprint density at radius 1 is 1.60 bits per heavy atom. The fourth-order valence-corrected chi connectivity index (χ4v) is 1.11. The number of nitrogens with one attached hydrogen (secondary N) is 1. The van der Waals surface area contributed by atoms with Crippen LogP contribution in [0.25, 0.3) is 0 Å². The van der Waals surface area contributed by atoms with Gasteiger partial charge in [-0.25, -0.2) is 4.79 Å². The maximum Gasteiger partial charge on any atom is 0.326 e. The van der Waals surface area contributed by atoms with Crippen molar-refractivity contribution in [1.82, 2.24) is 5.32 Å². The second-order valence-electron chi connectivity index (χ2n) is 3.32. The van der Waals surface area contributed by atoms with Gasteiger partial charge in [-0.15, -0.1) is 6.58 Å². The van der Waals surface area contributed by atoms with Crippen LogP contribution in [0.5, 0.6) is 0 Å². The Morgan fingerprint density at radius 2 is 2.20 bits per heavy atom. The molecule has 0 aromatic heterocycles. The number of amides is 1. The van der Waals surface area contributed by atoms with Crippen molar-refractivity contribution in [3.8, 4) is 0 Å². The van der Waals surface area contributed by atoms with Crippen LogP contribution >= 0.6 is 0 Å². The van der Waals surface area contributed by atoms with E-state index < -0.39 is 24.0 Å². The molecule has 0 bridgehead atoms. The first-order chi connectivity index (χ1) is 7.02. The van der Waals surface area contributed by atoms with E-state index in [1.165, 1.54) is 6.08 Å². The topological polar surface area (TPSA) is 92.4 Å². The molecule has 0 radical (unpaired) electrons. The van der Waals surface area contributed by atoms with Gasteiger partial charge in [-0.2, -0.15) is 0 Å². The summed E-state index contributed by atoms with van der Waals surface area (Å²) in [4.78, 5) is 22.1. The van der Waals surface area contributed by atoms with E-state index in [0.717, 1.165) is 6.42 Å². The Hall–Kier alpha value is -1.36. The Kier molecular flexibility index (Phi) is 6.37. The van der Waals surface area contributed by atoms with Gasteiger partial charge in [-0.1, -0.05) is 19.4 Å². The smallest absolute Gasteiger partial charge is 0.326 e. The number of aliphatic carboxylic acids is 1. The predicted octanol–water partition coefficient (Wildman–Crippen LogP) is 0.259. The van der Waals surface area contributed by atoms with Crippen molar-refractivity contribution in [3.63, 3.8) is 0 Å². The highest BCUT2D eigenvalue weighted by Gasteiger charge is 2.21. The first kappa shape index (κ1) is 13.6. The Balaban J connectivity index is 4.21. The number of rotatable bonds is 7. The Labute approximate surface area is 89.3 Å². The molecule has 0 rings (SSSR count). The Bertz CT molecular complexity index is 241. The summed E-state index contributed by atoms with van der Waals surface area (Å²) in [6.07, 6.45) is 2.98. The molecule has 15 heavy (non-hydrogen) atoms. The molecule has 1 amide bonds. The van der Waals surface area contributed by atoms with E-state index in [1.807, 2.05) is 6.92 Å². The Morgan fingerprint density at radius 3 is 2.60 bits per heavy atom. The van der Waals surface area contributed by atoms with E-state index in [0.29, 0.717) is 6.42 Å². The van der Waals surface area contributed by atoms with Crippen LogP contribution in [0.4, 0.5) is 0 Å². The van der Waals surface area contributed by atoms with Crippen molar-refractivity contribution in [2.75, 3.05) is 0 Å². The minimum atomic E-state index is -1.08. The van der Waals surface area contributed by atoms with Crippen LogP contribution in [-0.4, -0.2) is 29.1 Å². The average Bonchev–Trinajstić information content (AvgIpc) is 2.17. The molecule has 5 nitrogen and oxygen atoms in total. The summed E-state index contributed by atoms with van der Waals surface area (Å²) in [7, 11) is 0. The number of hydrogen-bond donors (Lipinski definition) is 3. The highest BCUT2D eigenvalue weighted by Crippen LogP contribution is 1.97. The molecule has 0 spiro atoms. The van der Waals surface area contributed by atoms with Crippen LogP contribution in [0.1, 0.15) is 26.2 Å². The fourth-order valence-electron chi connectivity index (χ4n) is 1.11. The van der Waals surface area contributed by atoms with Crippen LogP contribution < -0.4 is 11.1 Å². The van der Waals surface area contributed by atoms with Crippen LogP contribution in [0, 0.1) is 0 Å². The molecule has 86 valence electrons. The molecule has 0 aliphatic heterocycles. The summed E-state index contributed by atoms with van der Waals surface area (Å²) in [5.74, 6) is -1.50. The first-order valence-electron chi connectivity index (χ1n) is 4.92. The van der Waals surface area contributed by atoms with E-state index in [-0.39, 0.29) is 6.42 Å². The molecular weight excluding hydrogens is 196 g/mol. The molecular formula is C10H18N2O3. The maximum atomic E-state index is 11.4. The fraction of sp³-hybridized carbons (Fsp3) is 0.600. The molecule has 0 saturated heterocycles. The molecule has 4 N–H and O–H groups in total. The average molecular weight is 214 g/mol. The monoisotopic (exact) mass is 214 g/mol. The van der Waals surface area contributed by atoms with Gasteiger partial charge in [0, 0.05) is 0 Å². The van der Waals surface area contributed by atoms with Gasteiger partial charge in [0.2, 0.25) is 5.91 Å². The minimum absolute atomic E-state index is 0.194. The zero-order valence-electron chi connectivity index (χ0n) is 8.90. The highest BCUT2D eigenvalue weighted by molar-refractivity contribution is 5.86. The van der Waals surface area contributed by atoms with Gasteiger partial charge in [0.05, 0.1) is 6.04 Å². The number of nitrogens with two attached hydrogens (primary N) is 1. The third-order valence-electron chi connectivity index (χ3n) is 1.95. The number of carbonyl (C=O) groups is 2. The number of hydrogen-bond acceptors (Lipinski definition) is 3. The van der Waals surface area contributed by atoms with Gasteiger partial charge < -0.3 is 16.2 Å². The van der Waals surface area contributed by atoms with Gasteiger partial charge in [0.25, 0.3) is 0 Å². The van der Waals surface area contributed by atoms with Gasteiger partial charge in [-0.3, -0.25) is 4.79 Å². The van der Waals surface area contributed by atoms with Crippen molar-refractivity contribution in [1.29, 1.82) is 0 Å². The SMILES string of the molecule is C=CCC(NC(=O)[C@H](N)CCC)C(=O)O. The zero-order valence-corrected chi connectivity index (χ0v) is 8.90. The molecule has 0 aliphatic carbocycles. The second-order valence-corrected chi connectivity index (χ2v) is 3.32. The van der Waals surface area contributed by atoms with E-state index in [4.69, 9.17) is 10.8 Å².